The Morgan fingerprint density at radius 1 is 1.50 bits per heavy atom. The van der Waals surface area contributed by atoms with Crippen LogP contribution in [0, 0.1) is 0 Å². The van der Waals surface area contributed by atoms with Crippen molar-refractivity contribution >= 4 is 14.1 Å². The highest BCUT2D eigenvalue weighted by molar-refractivity contribution is 6.64. The van der Waals surface area contributed by atoms with E-state index in [1.165, 1.54) is 6.42 Å². The Labute approximate surface area is 55.3 Å². The fourth-order valence-corrected chi connectivity index (χ4v) is 2.00. The average Bonchev–Trinajstić information content (AvgIpc) is 2.12. The van der Waals surface area contributed by atoms with Crippen LogP contribution in [0.25, 0.3) is 0 Å². The molecule has 0 radical (unpaired) electrons. The highest BCUT2D eigenvalue weighted by Crippen LogP contribution is 2.12. The van der Waals surface area contributed by atoms with Crippen LogP contribution in [0.4, 0.5) is 0 Å². The summed E-state index contributed by atoms with van der Waals surface area (Å²) >= 11 is -0.424. The molecule has 1 rings (SSSR count). The highest BCUT2D eigenvalue weighted by atomic mass is 27.2. The molecule has 1 aliphatic carbocycles. The van der Waals surface area contributed by atoms with Crippen molar-refractivity contribution < 1.29 is 0 Å². The summed E-state index contributed by atoms with van der Waals surface area (Å²) in [6, 6.07) is 0. The molecule has 0 spiro atoms. The summed E-state index contributed by atoms with van der Waals surface area (Å²) in [6.07, 6.45) is 7.92. The maximum atomic E-state index is 2.37. The Balaban J connectivity index is 2.51. The lowest BCUT2D eigenvalue weighted by Crippen LogP contribution is -2.02. The first-order chi connectivity index (χ1) is 3.80. The molecule has 0 heterocycles. The molecule has 0 fully saturated rings. The quantitative estimate of drug-likeness (QED) is 0.467. The molecule has 0 aromatic rings. The van der Waals surface area contributed by atoms with Gasteiger partial charge in [-0.15, -0.1) is 16.0 Å². The minimum atomic E-state index is -0.424. The lowest BCUT2D eigenvalue weighted by molar-refractivity contribution is 1.38. The van der Waals surface area contributed by atoms with Gasteiger partial charge in [0.1, 0.15) is 0 Å². The molecular formula is C7H11Al. The van der Waals surface area contributed by atoms with E-state index in [1.807, 2.05) is 0 Å². The number of hydrogen-bond donors (Lipinski definition) is 0. The third-order valence-corrected chi connectivity index (χ3v) is 3.45. The van der Waals surface area contributed by atoms with E-state index < -0.39 is 14.1 Å². The Bertz CT molecular complexity index is 131. The summed E-state index contributed by atoms with van der Waals surface area (Å²) in [5.41, 5.74) is 0. The van der Waals surface area contributed by atoms with Gasteiger partial charge in [-0.05, 0) is 6.42 Å². The molecule has 42 valence electrons. The van der Waals surface area contributed by atoms with E-state index in [9.17, 15) is 0 Å². The molecule has 0 atom stereocenters. The van der Waals surface area contributed by atoms with Gasteiger partial charge in [0.05, 0.1) is 0 Å². The molecular weight excluding hydrogens is 111 g/mol. The number of hydrogen-bond acceptors (Lipinski definition) is 0. The molecule has 8 heavy (non-hydrogen) atoms. The molecule has 0 amide bonds. The van der Waals surface area contributed by atoms with Crippen LogP contribution in [0.3, 0.4) is 0 Å². The van der Waals surface area contributed by atoms with Gasteiger partial charge in [-0.2, -0.15) is 0 Å². The first-order valence-corrected chi connectivity index (χ1v) is 6.05. The van der Waals surface area contributed by atoms with Gasteiger partial charge in [-0.1, -0.05) is 18.2 Å². The molecule has 0 aliphatic heterocycles. The first-order valence-electron chi connectivity index (χ1n) is 3.16. The molecule has 1 heteroatoms. The second kappa shape index (κ2) is 2.53. The van der Waals surface area contributed by atoms with Crippen LogP contribution < -0.4 is 0 Å². The van der Waals surface area contributed by atoms with Crippen molar-refractivity contribution in [1.82, 2.24) is 0 Å². The minimum absolute atomic E-state index is 0.424. The monoisotopic (exact) mass is 122 g/mol. The van der Waals surface area contributed by atoms with Crippen LogP contribution in [-0.2, 0) is 0 Å². The van der Waals surface area contributed by atoms with Crippen LogP contribution in [-0.4, -0.2) is 14.1 Å². The van der Waals surface area contributed by atoms with Crippen LogP contribution in [0.1, 0.15) is 6.42 Å². The van der Waals surface area contributed by atoms with Gasteiger partial charge in [0.25, 0.3) is 14.1 Å². The Hall–Kier alpha value is 0.0125. The number of rotatable bonds is 1. The highest BCUT2D eigenvalue weighted by Gasteiger charge is 2.08. The van der Waals surface area contributed by atoms with Crippen molar-refractivity contribution in [3.05, 3.63) is 22.7 Å². The lowest BCUT2D eigenvalue weighted by Gasteiger charge is -1.96. The van der Waals surface area contributed by atoms with Crippen LogP contribution in [0.5, 0.6) is 0 Å². The molecule has 0 bridgehead atoms. The van der Waals surface area contributed by atoms with Crippen molar-refractivity contribution in [3.8, 4) is 0 Å². The van der Waals surface area contributed by atoms with Gasteiger partial charge in [0, 0.05) is 0 Å². The topological polar surface area (TPSA) is 0 Å². The van der Waals surface area contributed by atoms with E-state index in [0.29, 0.717) is 0 Å². The largest absolute Gasteiger partial charge is 0.293 e. The summed E-state index contributed by atoms with van der Waals surface area (Å²) in [5.74, 6) is 4.75. The smallest absolute Gasteiger partial charge is 0.128 e. The second-order valence-corrected chi connectivity index (χ2v) is 5.58. The SMILES string of the molecule is [CH3][Al]([CH3])[C]1=CC=CC1. The molecule has 0 saturated carbocycles. The summed E-state index contributed by atoms with van der Waals surface area (Å²) in [7, 11) is 0. The Kier molecular flexibility index (Phi) is 1.94. The van der Waals surface area contributed by atoms with Gasteiger partial charge in [-0.3, -0.25) is 0 Å². The molecule has 0 saturated heterocycles. The van der Waals surface area contributed by atoms with E-state index in [1.54, 1.807) is 4.44 Å². The lowest BCUT2D eigenvalue weighted by atomic mass is 10.5. The van der Waals surface area contributed by atoms with Crippen molar-refractivity contribution in [2.45, 2.75) is 18.0 Å². The Morgan fingerprint density at radius 2 is 2.25 bits per heavy atom. The van der Waals surface area contributed by atoms with E-state index in [4.69, 9.17) is 0 Å². The molecule has 0 unspecified atom stereocenters. The maximum Gasteiger partial charge on any atom is 0.293 e. The molecule has 0 N–H and O–H groups in total. The minimum Gasteiger partial charge on any atom is -0.128 e. The third kappa shape index (κ3) is 1.25. The molecule has 0 aromatic carbocycles. The van der Waals surface area contributed by atoms with Crippen molar-refractivity contribution in [2.75, 3.05) is 0 Å². The fraction of sp³-hybridized carbons (Fsp3) is 0.429. The maximum absolute atomic E-state index is 2.37. The zero-order chi connectivity index (χ0) is 5.98. The van der Waals surface area contributed by atoms with Gasteiger partial charge >= 0.3 is 0 Å². The fourth-order valence-electron chi connectivity index (χ4n) is 0.892. The zero-order valence-electron chi connectivity index (χ0n) is 5.52. The summed E-state index contributed by atoms with van der Waals surface area (Å²) < 4.78 is 1.70. The number of allylic oxidation sites excluding steroid dienone is 4. The van der Waals surface area contributed by atoms with E-state index in [-0.39, 0.29) is 0 Å². The van der Waals surface area contributed by atoms with Crippen molar-refractivity contribution in [3.63, 3.8) is 0 Å². The first kappa shape index (κ1) is 6.14. The predicted molar refractivity (Wildman–Crippen MR) is 39.3 cm³/mol. The van der Waals surface area contributed by atoms with Gasteiger partial charge in [-0.25, -0.2) is 0 Å². The summed E-state index contributed by atoms with van der Waals surface area (Å²) in [6.45, 7) is 0. The van der Waals surface area contributed by atoms with Crippen molar-refractivity contribution in [2.24, 2.45) is 0 Å². The zero-order valence-corrected chi connectivity index (χ0v) is 6.67. The normalized spacial score (nSPS) is 16.5. The summed E-state index contributed by atoms with van der Waals surface area (Å²) in [5, 5.41) is 0. The van der Waals surface area contributed by atoms with E-state index in [0.717, 1.165) is 0 Å². The van der Waals surface area contributed by atoms with Gasteiger partial charge in [0.2, 0.25) is 0 Å². The van der Waals surface area contributed by atoms with Crippen LogP contribution in [0.15, 0.2) is 22.7 Å². The average molecular weight is 122 g/mol. The predicted octanol–water partition coefficient (Wildman–Crippen LogP) is 2.17. The molecule has 0 aromatic heterocycles. The van der Waals surface area contributed by atoms with Gasteiger partial charge in [0.15, 0.2) is 0 Å². The van der Waals surface area contributed by atoms with E-state index >= 15 is 0 Å². The third-order valence-electron chi connectivity index (χ3n) is 1.54. The second-order valence-electron chi connectivity index (χ2n) is 2.53. The standard InChI is InChI=1S/C5H5.2CH3.Al/c1-2-4-5-3-1;;;/h1-3H,4H2;2*1H3;. The Morgan fingerprint density at radius 3 is 2.50 bits per heavy atom. The van der Waals surface area contributed by atoms with E-state index in [2.05, 4.69) is 29.8 Å². The van der Waals surface area contributed by atoms with Crippen molar-refractivity contribution in [1.29, 1.82) is 0 Å². The van der Waals surface area contributed by atoms with Crippen LogP contribution >= 0.6 is 0 Å². The summed E-state index contributed by atoms with van der Waals surface area (Å²) in [4.78, 5) is 0. The van der Waals surface area contributed by atoms with Crippen LogP contribution in [0.2, 0.25) is 11.6 Å². The van der Waals surface area contributed by atoms with Gasteiger partial charge < -0.3 is 0 Å². The molecule has 1 aliphatic rings. The molecule has 0 nitrogen and oxygen atoms in total.